The minimum Gasteiger partial charge on any atom is -0.743 e. The van der Waals surface area contributed by atoms with Crippen molar-refractivity contribution in [2.24, 2.45) is 0 Å². The van der Waals surface area contributed by atoms with Crippen LogP contribution < -0.4 is 14.2 Å². The summed E-state index contributed by atoms with van der Waals surface area (Å²) in [5.41, 5.74) is 6.24. The third-order valence-electron chi connectivity index (χ3n) is 19.7. The van der Waals surface area contributed by atoms with Crippen molar-refractivity contribution in [2.45, 2.75) is 248 Å². The fraction of sp³-hybridized carbons (Fsp3) is 0.379. The summed E-state index contributed by atoms with van der Waals surface area (Å²) in [6, 6.07) is 68.6. The molecule has 18 nitrogen and oxygen atoms in total. The summed E-state index contributed by atoms with van der Waals surface area (Å²) in [7, 11) is -19.3. The summed E-state index contributed by atoms with van der Waals surface area (Å²) in [6.07, 6.45) is -6.16. The first kappa shape index (κ1) is 91.8. The van der Waals surface area contributed by atoms with Gasteiger partial charge in [-0.05, 0) is 270 Å². The molecule has 630 valence electrons. The number of alkyl halides is 6. The second-order valence-electron chi connectivity index (χ2n) is 31.7. The molecule has 0 N–H and O–H groups in total. The van der Waals surface area contributed by atoms with Crippen LogP contribution in [0.4, 0.5) is 26.3 Å². The fourth-order valence-electron chi connectivity index (χ4n) is 12.6. The second kappa shape index (κ2) is 34.9. The first-order valence-electron chi connectivity index (χ1n) is 37.3. The molecule has 0 saturated carbocycles. The summed E-state index contributed by atoms with van der Waals surface area (Å²) in [4.78, 5) is 8.91. The van der Waals surface area contributed by atoms with E-state index < -0.39 is 114 Å². The van der Waals surface area contributed by atoms with Crippen LogP contribution in [-0.2, 0) is 125 Å². The zero-order valence-corrected chi connectivity index (χ0v) is 72.6. The van der Waals surface area contributed by atoms with Gasteiger partial charge in [0, 0.05) is 16.7 Å². The highest BCUT2D eigenvalue weighted by Crippen LogP contribution is 2.45. The third kappa shape index (κ3) is 21.1. The molecule has 3 saturated heterocycles. The topological polar surface area (TPSA) is 255 Å². The quantitative estimate of drug-likeness (QED) is 0.0293. The summed E-state index contributed by atoms with van der Waals surface area (Å²) in [5.74, 6) is -2.27. The molecule has 3 aliphatic heterocycles. The first-order valence-corrected chi connectivity index (χ1v) is 45.2. The van der Waals surface area contributed by atoms with Crippen LogP contribution in [0.3, 0.4) is 0 Å². The molecule has 30 heteroatoms. The maximum atomic E-state index is 13.9. The molecular weight excluding hydrogens is 1640 g/mol. The van der Waals surface area contributed by atoms with Gasteiger partial charge in [0.2, 0.25) is 0 Å². The Morgan fingerprint density at radius 1 is 0.359 bits per heavy atom. The summed E-state index contributed by atoms with van der Waals surface area (Å²) >= 11 is 0. The molecule has 6 atom stereocenters. The molecule has 0 spiro atoms. The lowest BCUT2D eigenvalue weighted by Crippen LogP contribution is -2.48. The van der Waals surface area contributed by atoms with E-state index in [0.29, 0.717) is 0 Å². The molecule has 0 bridgehead atoms. The molecule has 0 aliphatic carbocycles. The number of ether oxygens (including phenoxy) is 9. The Morgan fingerprint density at radius 2 is 0.556 bits per heavy atom. The molecule has 3 fully saturated rings. The molecule has 0 amide bonds. The van der Waals surface area contributed by atoms with Crippen LogP contribution in [0, 0.1) is 0 Å². The number of hydrogen-bond donors (Lipinski definition) is 0. The molecule has 3 heterocycles. The van der Waals surface area contributed by atoms with Gasteiger partial charge >= 0.3 is 15.8 Å². The van der Waals surface area contributed by atoms with Gasteiger partial charge in [-0.2, -0.15) is 26.3 Å². The van der Waals surface area contributed by atoms with E-state index in [2.05, 4.69) is 135 Å². The van der Waals surface area contributed by atoms with Crippen LogP contribution in [0.1, 0.15) is 158 Å². The number of halogens is 6. The number of hydrogen-bond acceptors (Lipinski definition) is 18. The minimum atomic E-state index is -5.87. The van der Waals surface area contributed by atoms with Gasteiger partial charge in [0.05, 0.1) is 32.7 Å². The maximum Gasteiger partial charge on any atom is 0.369 e. The number of rotatable bonds is 25. The van der Waals surface area contributed by atoms with Crippen LogP contribution >= 0.6 is 0 Å². The Balaban J connectivity index is 0.000000185. The van der Waals surface area contributed by atoms with Crippen LogP contribution in [0.15, 0.2) is 262 Å². The van der Waals surface area contributed by atoms with Crippen LogP contribution in [0.2, 0.25) is 0 Å². The van der Waals surface area contributed by atoms with Gasteiger partial charge in [-0.25, -0.2) is 25.3 Å². The molecule has 6 unspecified atom stereocenters. The maximum absolute atomic E-state index is 13.9. The normalized spacial score (nSPS) is 20.2. The molecule has 12 rings (SSSR count). The lowest BCUT2D eigenvalue weighted by Gasteiger charge is -2.45. The van der Waals surface area contributed by atoms with E-state index in [1.807, 2.05) is 107 Å². The van der Waals surface area contributed by atoms with E-state index in [1.54, 1.807) is 36.4 Å². The Morgan fingerprint density at radius 3 is 0.735 bits per heavy atom. The van der Waals surface area contributed by atoms with Gasteiger partial charge in [0.1, 0.15) is 17.2 Å². The molecular formula is C87H96F6O18S6. The van der Waals surface area contributed by atoms with E-state index in [1.165, 1.54) is 53.1 Å². The zero-order valence-electron chi connectivity index (χ0n) is 67.7. The highest BCUT2D eigenvalue weighted by atomic mass is 32.2. The standard InChI is InChI=1S/C30H34F2O6S2.C29H32F2O6S2.C28H30F2O6S2/c1-7-27-37-29(6,38-27)22-10-16-25(17-11-22)39(24-14-8-21(9-15-24)28(3,4)5)26-18-12-23(13-19-26)36-20(2)30(31,32)40(33,34)35;1-19(29(30,31)39(32,33)34)35-23-11-17-26(18-12-23)38(24-13-7-21(8-14-24)27(3,4)5)25-15-9-22(10-16-25)28(6)36-20(2)37-28;1-19(28(29,30)38(31,32)33)36-22-10-16-25(17-11-22)37(23-12-6-20(7-13-23)26(2,3)4)24-14-8-21(9-15-24)27(5)34-18-35-27/h8-20,27H,7H2,1-6H3;7-20H,1-6H3;6-17,19H,18H2,1-5H3. The van der Waals surface area contributed by atoms with Crippen molar-refractivity contribution in [3.8, 4) is 17.2 Å². The predicted molar refractivity (Wildman–Crippen MR) is 432 cm³/mol. The second-order valence-corrected chi connectivity index (χ2v) is 42.1. The van der Waals surface area contributed by atoms with E-state index >= 15 is 0 Å². The minimum absolute atomic E-state index is 0.00762. The molecule has 9 aromatic rings. The first-order chi connectivity index (χ1) is 54.2. The van der Waals surface area contributed by atoms with Gasteiger partial charge in [-0.3, -0.25) is 0 Å². The van der Waals surface area contributed by atoms with Crippen LogP contribution in [-0.4, -0.2) is 92.4 Å². The van der Waals surface area contributed by atoms with Gasteiger partial charge in [0.25, 0.3) is 0 Å². The monoisotopic (exact) mass is 1730 g/mol. The highest BCUT2D eigenvalue weighted by molar-refractivity contribution is 7.97. The van der Waals surface area contributed by atoms with Crippen molar-refractivity contribution in [1.82, 2.24) is 0 Å². The number of benzene rings is 9. The van der Waals surface area contributed by atoms with Crippen molar-refractivity contribution in [2.75, 3.05) is 6.79 Å². The van der Waals surface area contributed by atoms with Crippen molar-refractivity contribution < 1.29 is 108 Å². The van der Waals surface area contributed by atoms with E-state index in [9.17, 15) is 65.3 Å². The van der Waals surface area contributed by atoms with Gasteiger partial charge in [-0.15, -0.1) is 0 Å². The van der Waals surface area contributed by atoms with Crippen molar-refractivity contribution in [1.29, 1.82) is 0 Å². The summed E-state index contributed by atoms with van der Waals surface area (Å²) in [6.45, 7) is 31.6. The third-order valence-corrected chi connectivity index (χ3v) is 29.4. The SMILES string of the molecule is CC(Oc1ccc([S+](c2ccc(C(C)(C)C)cc2)c2ccc(C3(C)OCO3)cc2)cc1)C(F)(F)S(=O)(=O)[O-].CC1OC(C)(c2ccc([S+](c3ccc(OC(C)C(F)(F)S(=O)(=O)[O-])cc3)c3ccc(C(C)(C)C)cc3)cc2)O1.CCC1OC(C)(c2ccc([S+](c3ccc(OC(C)C(F)(F)S(=O)(=O)[O-])cc3)c3ccc(C(C)(C)C)cc3)cc2)O1. The lowest BCUT2D eigenvalue weighted by molar-refractivity contribution is -0.454. The fourth-order valence-corrected chi connectivity index (χ4v) is 20.1. The molecule has 0 radical (unpaired) electrons. The van der Waals surface area contributed by atoms with Crippen molar-refractivity contribution in [3.63, 3.8) is 0 Å². The molecule has 117 heavy (non-hydrogen) atoms. The van der Waals surface area contributed by atoms with Gasteiger partial charge < -0.3 is 56.3 Å². The largest absolute Gasteiger partial charge is 0.743 e. The zero-order chi connectivity index (χ0) is 86.2. The summed E-state index contributed by atoms with van der Waals surface area (Å²) in [5, 5.41) is -13.7. The van der Waals surface area contributed by atoms with Crippen molar-refractivity contribution >= 4 is 63.0 Å². The van der Waals surface area contributed by atoms with Gasteiger partial charge in [0.15, 0.2) is 129 Å². The Kier molecular flexibility index (Phi) is 27.4. The molecule has 3 aliphatic rings. The van der Waals surface area contributed by atoms with Crippen LogP contribution in [0.5, 0.6) is 17.2 Å². The van der Waals surface area contributed by atoms with E-state index in [-0.39, 0.29) is 52.9 Å². The Labute approximate surface area is 690 Å². The predicted octanol–water partition coefficient (Wildman–Crippen LogP) is 19.7. The van der Waals surface area contributed by atoms with Gasteiger partial charge in [-0.1, -0.05) is 106 Å². The van der Waals surface area contributed by atoms with E-state index in [0.717, 1.165) is 87.9 Å². The molecule has 0 aromatic heterocycles. The van der Waals surface area contributed by atoms with E-state index in [4.69, 9.17) is 42.6 Å². The summed E-state index contributed by atoms with van der Waals surface area (Å²) < 4.78 is 232. The Hall–Kier alpha value is -7.50. The Bertz CT molecular complexity index is 5210. The average Bonchev–Trinajstić information content (AvgIpc) is 0.771. The lowest BCUT2D eigenvalue weighted by atomic mass is 9.87. The molecule has 9 aromatic carbocycles. The smallest absolute Gasteiger partial charge is 0.369 e. The highest BCUT2D eigenvalue weighted by Gasteiger charge is 2.50. The van der Waals surface area contributed by atoms with Crippen LogP contribution in [0.25, 0.3) is 0 Å². The average molecular weight is 1740 g/mol. The van der Waals surface area contributed by atoms with Crippen molar-refractivity contribution in [3.05, 3.63) is 252 Å².